The Morgan fingerprint density at radius 2 is 1.30 bits per heavy atom. The maximum Gasteiger partial charge on any atom is 0.321 e. The summed E-state index contributed by atoms with van der Waals surface area (Å²) in [6.45, 7) is 5.19. The minimum Gasteiger partial charge on any atom is -0.335 e. The van der Waals surface area contributed by atoms with Crippen molar-refractivity contribution in [1.82, 2.24) is 20.4 Å². The molecule has 0 radical (unpaired) electrons. The van der Waals surface area contributed by atoms with Crippen molar-refractivity contribution in [3.8, 4) is 0 Å². The number of amides is 3. The second-order valence-electron chi connectivity index (χ2n) is 9.27. The van der Waals surface area contributed by atoms with Crippen molar-refractivity contribution in [2.75, 3.05) is 26.2 Å². The van der Waals surface area contributed by atoms with E-state index >= 15 is 0 Å². The highest BCUT2D eigenvalue weighted by Crippen LogP contribution is 2.29. The van der Waals surface area contributed by atoms with E-state index in [2.05, 4.69) is 69.0 Å². The topological polar surface area (TPSA) is 64.7 Å². The van der Waals surface area contributed by atoms with Crippen molar-refractivity contribution in [2.45, 2.75) is 57.2 Å². The zero-order chi connectivity index (χ0) is 23.0. The molecule has 176 valence electrons. The van der Waals surface area contributed by atoms with E-state index in [-0.39, 0.29) is 30.1 Å². The molecule has 0 spiro atoms. The summed E-state index contributed by atoms with van der Waals surface area (Å²) in [5.74, 6) is -0.223. The highest BCUT2D eigenvalue weighted by molar-refractivity contribution is 5.96. The maximum absolute atomic E-state index is 12.7. The molecule has 3 amide bonds. The van der Waals surface area contributed by atoms with Crippen LogP contribution < -0.4 is 10.6 Å². The quantitative estimate of drug-likeness (QED) is 0.703. The molecule has 1 atom stereocenters. The SMILES string of the molecule is C[C@@H](C(=O)NC(=O)NC1CCCCC1)N1CCN(C(c2ccccc2)c2ccccc2)CC1. The smallest absolute Gasteiger partial charge is 0.321 e. The van der Waals surface area contributed by atoms with E-state index in [0.29, 0.717) is 0 Å². The first-order valence-corrected chi connectivity index (χ1v) is 12.3. The molecule has 2 N–H and O–H groups in total. The lowest BCUT2D eigenvalue weighted by atomic mass is 9.96. The number of carbonyl (C=O) groups excluding carboxylic acids is 2. The molecule has 2 aromatic carbocycles. The van der Waals surface area contributed by atoms with Crippen LogP contribution in [0.4, 0.5) is 4.79 Å². The van der Waals surface area contributed by atoms with Crippen LogP contribution in [0, 0.1) is 0 Å². The lowest BCUT2D eigenvalue weighted by Gasteiger charge is -2.41. The zero-order valence-corrected chi connectivity index (χ0v) is 19.6. The summed E-state index contributed by atoms with van der Waals surface area (Å²) in [7, 11) is 0. The van der Waals surface area contributed by atoms with E-state index in [1.165, 1.54) is 17.5 Å². The lowest BCUT2D eigenvalue weighted by Crippen LogP contribution is -2.56. The minimum atomic E-state index is -0.356. The fourth-order valence-electron chi connectivity index (χ4n) is 5.12. The molecule has 0 unspecified atom stereocenters. The van der Waals surface area contributed by atoms with Gasteiger partial charge in [0, 0.05) is 32.2 Å². The van der Waals surface area contributed by atoms with Crippen LogP contribution >= 0.6 is 0 Å². The molecule has 1 heterocycles. The number of imide groups is 1. The van der Waals surface area contributed by atoms with Crippen LogP contribution in [0.2, 0.25) is 0 Å². The zero-order valence-electron chi connectivity index (χ0n) is 19.6. The van der Waals surface area contributed by atoms with E-state index in [4.69, 9.17) is 0 Å². The van der Waals surface area contributed by atoms with Gasteiger partial charge in [-0.05, 0) is 30.9 Å². The third-order valence-electron chi connectivity index (χ3n) is 7.05. The third kappa shape index (κ3) is 6.21. The second-order valence-corrected chi connectivity index (χ2v) is 9.27. The average molecular weight is 449 g/mol. The predicted octanol–water partition coefficient (Wildman–Crippen LogP) is 3.94. The first kappa shape index (κ1) is 23.5. The fraction of sp³-hybridized carbons (Fsp3) is 0.481. The van der Waals surface area contributed by atoms with E-state index in [0.717, 1.165) is 51.9 Å². The Morgan fingerprint density at radius 1 is 0.788 bits per heavy atom. The molecular weight excluding hydrogens is 412 g/mol. The number of nitrogens with one attached hydrogen (secondary N) is 2. The van der Waals surface area contributed by atoms with Gasteiger partial charge in [-0.3, -0.25) is 19.9 Å². The Bertz CT molecular complexity index is 851. The minimum absolute atomic E-state index is 0.193. The summed E-state index contributed by atoms with van der Waals surface area (Å²) in [5.41, 5.74) is 2.56. The maximum atomic E-state index is 12.7. The van der Waals surface area contributed by atoms with Gasteiger partial charge in [0.05, 0.1) is 12.1 Å². The van der Waals surface area contributed by atoms with Gasteiger partial charge in [-0.1, -0.05) is 79.9 Å². The van der Waals surface area contributed by atoms with Gasteiger partial charge < -0.3 is 5.32 Å². The molecule has 2 aromatic rings. The normalized spacial score (nSPS) is 19.2. The Hall–Kier alpha value is -2.70. The number of benzene rings is 2. The van der Waals surface area contributed by atoms with E-state index < -0.39 is 0 Å². The van der Waals surface area contributed by atoms with Gasteiger partial charge in [-0.25, -0.2) is 4.79 Å². The molecule has 33 heavy (non-hydrogen) atoms. The number of piperazine rings is 1. The van der Waals surface area contributed by atoms with Gasteiger partial charge in [0.1, 0.15) is 0 Å². The standard InChI is InChI=1S/C27H36N4O2/c1-21(26(32)29-27(33)28-24-15-9-4-10-16-24)30-17-19-31(20-18-30)25(22-11-5-2-6-12-22)23-13-7-3-8-14-23/h2-3,5-8,11-14,21,24-25H,4,9-10,15-20H2,1H3,(H2,28,29,32,33)/t21-/m0/s1. The lowest BCUT2D eigenvalue weighted by molar-refractivity contribution is -0.125. The van der Waals surface area contributed by atoms with Crippen molar-refractivity contribution < 1.29 is 9.59 Å². The summed E-state index contributed by atoms with van der Waals surface area (Å²) in [5, 5.41) is 5.53. The highest BCUT2D eigenvalue weighted by atomic mass is 16.2. The Labute approximate surface area is 197 Å². The molecular formula is C27H36N4O2. The Kier molecular flexibility index (Phi) is 8.13. The van der Waals surface area contributed by atoms with Crippen LogP contribution in [0.25, 0.3) is 0 Å². The molecule has 0 bridgehead atoms. The molecule has 0 aromatic heterocycles. The van der Waals surface area contributed by atoms with E-state index in [1.54, 1.807) is 0 Å². The molecule has 6 nitrogen and oxygen atoms in total. The number of urea groups is 1. The van der Waals surface area contributed by atoms with Gasteiger partial charge in [0.15, 0.2) is 0 Å². The van der Waals surface area contributed by atoms with Crippen molar-refractivity contribution in [3.05, 3.63) is 71.8 Å². The largest absolute Gasteiger partial charge is 0.335 e. The third-order valence-corrected chi connectivity index (χ3v) is 7.05. The van der Waals surface area contributed by atoms with Crippen LogP contribution in [0.15, 0.2) is 60.7 Å². The molecule has 2 aliphatic rings. The molecule has 1 aliphatic carbocycles. The summed E-state index contributed by atoms with van der Waals surface area (Å²) in [6.07, 6.45) is 5.53. The summed E-state index contributed by atoms with van der Waals surface area (Å²) < 4.78 is 0. The van der Waals surface area contributed by atoms with Crippen LogP contribution in [-0.4, -0.2) is 60.0 Å². The van der Waals surface area contributed by atoms with Gasteiger partial charge in [0.2, 0.25) is 5.91 Å². The second kappa shape index (κ2) is 11.4. The van der Waals surface area contributed by atoms with Gasteiger partial charge in [-0.2, -0.15) is 0 Å². The van der Waals surface area contributed by atoms with Crippen LogP contribution in [0.1, 0.15) is 56.2 Å². The fourth-order valence-corrected chi connectivity index (χ4v) is 5.12. The van der Waals surface area contributed by atoms with Crippen LogP contribution in [-0.2, 0) is 4.79 Å². The summed E-state index contributed by atoms with van der Waals surface area (Å²) in [6, 6.07) is 20.9. The predicted molar refractivity (Wildman–Crippen MR) is 131 cm³/mol. The first-order valence-electron chi connectivity index (χ1n) is 12.3. The Balaban J connectivity index is 1.33. The molecule has 1 saturated carbocycles. The molecule has 1 saturated heterocycles. The number of nitrogens with zero attached hydrogens (tertiary/aromatic N) is 2. The van der Waals surface area contributed by atoms with Crippen LogP contribution in [0.3, 0.4) is 0 Å². The summed E-state index contributed by atoms with van der Waals surface area (Å²) in [4.78, 5) is 29.7. The molecule has 6 heteroatoms. The monoisotopic (exact) mass is 448 g/mol. The van der Waals surface area contributed by atoms with E-state index in [1.807, 2.05) is 19.1 Å². The first-order chi connectivity index (χ1) is 16.1. The molecule has 2 fully saturated rings. The van der Waals surface area contributed by atoms with Crippen LogP contribution in [0.5, 0.6) is 0 Å². The number of hydrogen-bond donors (Lipinski definition) is 2. The number of hydrogen-bond acceptors (Lipinski definition) is 4. The number of carbonyl (C=O) groups is 2. The Morgan fingerprint density at radius 3 is 1.85 bits per heavy atom. The summed E-state index contributed by atoms with van der Waals surface area (Å²) >= 11 is 0. The molecule has 4 rings (SSSR count). The van der Waals surface area contributed by atoms with Crippen molar-refractivity contribution in [1.29, 1.82) is 0 Å². The van der Waals surface area contributed by atoms with E-state index in [9.17, 15) is 9.59 Å². The van der Waals surface area contributed by atoms with Crippen molar-refractivity contribution in [2.24, 2.45) is 0 Å². The van der Waals surface area contributed by atoms with Gasteiger partial charge >= 0.3 is 6.03 Å². The van der Waals surface area contributed by atoms with Gasteiger partial charge in [-0.15, -0.1) is 0 Å². The highest BCUT2D eigenvalue weighted by Gasteiger charge is 2.30. The average Bonchev–Trinajstić information content (AvgIpc) is 2.86. The molecule has 1 aliphatic heterocycles. The van der Waals surface area contributed by atoms with Crippen molar-refractivity contribution in [3.63, 3.8) is 0 Å². The van der Waals surface area contributed by atoms with Gasteiger partial charge in [0.25, 0.3) is 0 Å². The van der Waals surface area contributed by atoms with Crippen molar-refractivity contribution >= 4 is 11.9 Å². The number of rotatable bonds is 6.